The van der Waals surface area contributed by atoms with Crippen molar-refractivity contribution in [1.82, 2.24) is 0 Å². The van der Waals surface area contributed by atoms with E-state index in [2.05, 4.69) is 52.9 Å². The highest BCUT2D eigenvalue weighted by atomic mass is 79.9. The largest absolute Gasteiger partial charge is 0.129 e. The topological polar surface area (TPSA) is 0 Å². The molecule has 19 heavy (non-hydrogen) atoms. The normalized spacial score (nSPS) is 10.6. The summed E-state index contributed by atoms with van der Waals surface area (Å²) in [7, 11) is 0. The van der Waals surface area contributed by atoms with Crippen molar-refractivity contribution in [3.63, 3.8) is 0 Å². The van der Waals surface area contributed by atoms with Crippen LogP contribution in [0.3, 0.4) is 0 Å². The Kier molecular flexibility index (Phi) is 17.5. The highest BCUT2D eigenvalue weighted by Crippen LogP contribution is 2.09. The van der Waals surface area contributed by atoms with Crippen LogP contribution in [-0.2, 0) is 0 Å². The predicted octanol–water partition coefficient (Wildman–Crippen LogP) is 6.96. The molecule has 0 saturated heterocycles. The number of unbranched alkanes of at least 4 members (excludes halogenated alkanes) is 8. The number of hydrogen-bond acceptors (Lipinski definition) is 0. The summed E-state index contributed by atoms with van der Waals surface area (Å²) >= 11 is 3.39. The van der Waals surface area contributed by atoms with Crippen LogP contribution in [0, 0.1) is 0 Å². The number of rotatable bonds is 13. The van der Waals surface area contributed by atoms with Gasteiger partial charge >= 0.3 is 0 Å². The Bertz CT molecular complexity index is 246. The lowest BCUT2D eigenvalue weighted by atomic mass is 10.1. The summed E-state index contributed by atoms with van der Waals surface area (Å²) in [5, 5.41) is 1.03. The first kappa shape index (κ1) is 18.7. The molecule has 0 saturated carbocycles. The standard InChI is InChI=1S/C18H31Br/c1-2-3-4-5-6-7-8-9-10-11-12-13-14-15-16-17-18-19/h11-12,14,16H,2-10,13,17-18H2,1H3/b12-11-. The molecule has 0 fully saturated rings. The monoisotopic (exact) mass is 326 g/mol. The maximum absolute atomic E-state index is 3.39. The molecule has 0 N–H and O–H groups in total. The average molecular weight is 327 g/mol. The molecule has 110 valence electrons. The summed E-state index contributed by atoms with van der Waals surface area (Å²) < 4.78 is 0. The van der Waals surface area contributed by atoms with E-state index < -0.39 is 0 Å². The SMILES string of the molecule is CCCCCCCCCC/C=C\CC=C=CCCBr. The van der Waals surface area contributed by atoms with Gasteiger partial charge in [-0.15, -0.1) is 5.73 Å². The van der Waals surface area contributed by atoms with Gasteiger partial charge in [-0.3, -0.25) is 0 Å². The zero-order valence-electron chi connectivity index (χ0n) is 12.7. The van der Waals surface area contributed by atoms with Gasteiger partial charge in [0.15, 0.2) is 0 Å². The van der Waals surface area contributed by atoms with Crippen LogP contribution in [0.15, 0.2) is 30.0 Å². The average Bonchev–Trinajstić information content (AvgIpc) is 2.43. The molecule has 0 radical (unpaired) electrons. The van der Waals surface area contributed by atoms with Crippen LogP contribution in [0.4, 0.5) is 0 Å². The Labute approximate surface area is 129 Å². The molecule has 0 aromatic rings. The molecule has 0 bridgehead atoms. The van der Waals surface area contributed by atoms with E-state index >= 15 is 0 Å². The van der Waals surface area contributed by atoms with Crippen LogP contribution >= 0.6 is 15.9 Å². The first-order valence-electron chi connectivity index (χ1n) is 8.02. The molecule has 0 amide bonds. The minimum atomic E-state index is 1.02. The Hall–Kier alpha value is -0.260. The molecule has 0 aromatic carbocycles. The van der Waals surface area contributed by atoms with Gasteiger partial charge in [-0.1, -0.05) is 80.0 Å². The van der Waals surface area contributed by atoms with Gasteiger partial charge in [0.1, 0.15) is 0 Å². The third-order valence-corrected chi connectivity index (χ3v) is 3.59. The zero-order chi connectivity index (χ0) is 14.0. The molecular formula is C18H31Br. The van der Waals surface area contributed by atoms with Crippen molar-refractivity contribution in [2.45, 2.75) is 77.6 Å². The summed E-state index contributed by atoms with van der Waals surface area (Å²) in [5.74, 6) is 0. The lowest BCUT2D eigenvalue weighted by molar-refractivity contribution is 0.577. The van der Waals surface area contributed by atoms with E-state index in [1.807, 2.05) is 0 Å². The predicted molar refractivity (Wildman–Crippen MR) is 92.0 cm³/mol. The molecule has 0 nitrogen and oxygen atoms in total. The number of halogens is 1. The van der Waals surface area contributed by atoms with Crippen LogP contribution in [0.1, 0.15) is 77.6 Å². The van der Waals surface area contributed by atoms with Gasteiger partial charge in [-0.25, -0.2) is 0 Å². The first-order valence-corrected chi connectivity index (χ1v) is 9.14. The third-order valence-electron chi connectivity index (χ3n) is 3.13. The minimum Gasteiger partial charge on any atom is -0.129 e. The molecule has 0 spiro atoms. The van der Waals surface area contributed by atoms with Crippen LogP contribution in [0.25, 0.3) is 0 Å². The van der Waals surface area contributed by atoms with Crippen molar-refractivity contribution >= 4 is 15.9 Å². The van der Waals surface area contributed by atoms with E-state index in [1.54, 1.807) is 0 Å². The van der Waals surface area contributed by atoms with E-state index in [4.69, 9.17) is 0 Å². The summed E-state index contributed by atoms with van der Waals surface area (Å²) in [4.78, 5) is 0. The minimum absolute atomic E-state index is 1.02. The smallest absolute Gasteiger partial charge is 0.00719 e. The van der Waals surface area contributed by atoms with E-state index in [0.717, 1.165) is 18.2 Å². The molecule has 1 heteroatoms. The van der Waals surface area contributed by atoms with Gasteiger partial charge in [0.25, 0.3) is 0 Å². The fraction of sp³-hybridized carbons (Fsp3) is 0.722. The van der Waals surface area contributed by atoms with Crippen LogP contribution in [0.5, 0.6) is 0 Å². The lowest BCUT2D eigenvalue weighted by Gasteiger charge is -1.99. The molecule has 0 rings (SSSR count). The highest BCUT2D eigenvalue weighted by molar-refractivity contribution is 9.09. The molecule has 0 aliphatic carbocycles. The molecule has 0 aliphatic heterocycles. The Balaban J connectivity index is 3.19. The molecule has 0 aliphatic rings. The number of hydrogen-bond donors (Lipinski definition) is 0. The van der Waals surface area contributed by atoms with Crippen molar-refractivity contribution in [3.8, 4) is 0 Å². The van der Waals surface area contributed by atoms with Gasteiger partial charge in [0.05, 0.1) is 0 Å². The van der Waals surface area contributed by atoms with E-state index in [1.165, 1.54) is 57.8 Å². The second kappa shape index (κ2) is 17.7. The van der Waals surface area contributed by atoms with Crippen molar-refractivity contribution in [3.05, 3.63) is 30.0 Å². The van der Waals surface area contributed by atoms with Crippen LogP contribution in [-0.4, -0.2) is 5.33 Å². The fourth-order valence-electron chi connectivity index (χ4n) is 1.97. The lowest BCUT2D eigenvalue weighted by Crippen LogP contribution is -1.79. The first-order chi connectivity index (χ1) is 9.41. The summed E-state index contributed by atoms with van der Waals surface area (Å²) in [6.07, 6.45) is 23.4. The second-order valence-electron chi connectivity index (χ2n) is 5.02. The summed E-state index contributed by atoms with van der Waals surface area (Å²) in [5.41, 5.74) is 3.19. The van der Waals surface area contributed by atoms with Crippen molar-refractivity contribution in [1.29, 1.82) is 0 Å². The summed E-state index contributed by atoms with van der Waals surface area (Å²) in [6.45, 7) is 2.28. The van der Waals surface area contributed by atoms with E-state index in [0.29, 0.717) is 0 Å². The van der Waals surface area contributed by atoms with Gasteiger partial charge in [-0.05, 0) is 37.8 Å². The maximum Gasteiger partial charge on any atom is 0.00719 e. The van der Waals surface area contributed by atoms with Crippen LogP contribution in [0.2, 0.25) is 0 Å². The van der Waals surface area contributed by atoms with Crippen LogP contribution < -0.4 is 0 Å². The molecule has 0 atom stereocenters. The van der Waals surface area contributed by atoms with Gasteiger partial charge in [0.2, 0.25) is 0 Å². The van der Waals surface area contributed by atoms with Gasteiger partial charge in [0, 0.05) is 5.33 Å². The van der Waals surface area contributed by atoms with Crippen molar-refractivity contribution in [2.75, 3.05) is 5.33 Å². The molecule has 0 unspecified atom stereocenters. The second-order valence-corrected chi connectivity index (χ2v) is 5.82. The van der Waals surface area contributed by atoms with Gasteiger partial charge < -0.3 is 0 Å². The Morgan fingerprint density at radius 1 is 0.789 bits per heavy atom. The third kappa shape index (κ3) is 17.7. The maximum atomic E-state index is 3.39. The molecular weight excluding hydrogens is 296 g/mol. The van der Waals surface area contributed by atoms with Crippen molar-refractivity contribution in [2.24, 2.45) is 0 Å². The zero-order valence-corrected chi connectivity index (χ0v) is 14.3. The molecule has 0 aromatic heterocycles. The number of alkyl halides is 1. The van der Waals surface area contributed by atoms with Gasteiger partial charge in [-0.2, -0.15) is 0 Å². The highest BCUT2D eigenvalue weighted by Gasteiger charge is 1.90. The quantitative estimate of drug-likeness (QED) is 0.148. The molecule has 0 heterocycles. The fourth-order valence-corrected chi connectivity index (χ4v) is 2.20. The number of allylic oxidation sites excluding steroid dienone is 3. The van der Waals surface area contributed by atoms with E-state index in [-0.39, 0.29) is 0 Å². The Morgan fingerprint density at radius 3 is 2.16 bits per heavy atom. The van der Waals surface area contributed by atoms with Crippen molar-refractivity contribution < 1.29 is 0 Å². The summed E-state index contributed by atoms with van der Waals surface area (Å²) in [6, 6.07) is 0. The Morgan fingerprint density at radius 2 is 1.47 bits per heavy atom. The van der Waals surface area contributed by atoms with E-state index in [9.17, 15) is 0 Å².